The zero-order valence-corrected chi connectivity index (χ0v) is 26.0. The second kappa shape index (κ2) is 10.1. The molecule has 0 unspecified atom stereocenters. The number of aromatic nitrogens is 6. The number of anilines is 1. The van der Waals surface area contributed by atoms with E-state index in [2.05, 4.69) is 53.3 Å². The molecule has 0 radical (unpaired) electrons. The normalized spacial score (nSPS) is 20.2. The highest BCUT2D eigenvalue weighted by Gasteiger charge is 2.56. The number of aryl methyl sites for hydroxylation is 2. The van der Waals surface area contributed by atoms with Crippen LogP contribution in [0.25, 0.3) is 27.7 Å². The largest absolute Gasteiger partial charge is 0.314 e. The topological polar surface area (TPSA) is 127 Å². The van der Waals surface area contributed by atoms with Crippen LogP contribution in [0.4, 0.5) is 5.82 Å². The number of ketones is 1. The second-order valence-corrected chi connectivity index (χ2v) is 12.4. The molecule has 0 bridgehead atoms. The third-order valence-electron chi connectivity index (χ3n) is 8.36. The van der Waals surface area contributed by atoms with Crippen molar-refractivity contribution >= 4 is 55.9 Å². The Morgan fingerprint density at radius 3 is 2.68 bits per heavy atom. The Labute approximate surface area is 260 Å². The first-order valence-corrected chi connectivity index (χ1v) is 14.9. The standard InChI is InChI=1S/C32H27BrN8O3/c1-17-5-8-26(33)35-30(17)36-31(44)24-13-32(4)10-9-25(32)41(24)28(43)16-39-23-7-6-20(12-22(23)29(38-39)19(3)42)21-14-34-27-11-18(2)37-40(27)15-21/h5-8,11-12,14-15,24-25H,13,16H2,1-4H3,(H,35,36,44)/t24-,25+,32+/m0/s1. The number of pyridine rings is 1. The summed E-state index contributed by atoms with van der Waals surface area (Å²) in [6.07, 6.45) is 4.06. The number of nitrogens with one attached hydrogen (secondary N) is 1. The Bertz CT molecular complexity index is 2120. The van der Waals surface area contributed by atoms with E-state index >= 15 is 0 Å². The Balaban J connectivity index is 1.20. The van der Waals surface area contributed by atoms with Gasteiger partial charge < -0.3 is 10.2 Å². The molecule has 4 aromatic heterocycles. The molecule has 44 heavy (non-hydrogen) atoms. The molecule has 2 amide bonds. The Kier molecular flexibility index (Phi) is 6.40. The molecule has 3 atom stereocenters. The molecule has 11 nitrogen and oxygen atoms in total. The number of nitrogens with zero attached hydrogens (tertiary/aromatic N) is 7. The fourth-order valence-corrected chi connectivity index (χ4v) is 6.37. The van der Waals surface area contributed by atoms with E-state index in [-0.39, 0.29) is 29.8 Å². The minimum Gasteiger partial charge on any atom is -0.314 e. The van der Waals surface area contributed by atoms with E-state index in [9.17, 15) is 14.4 Å². The lowest BCUT2D eigenvalue weighted by molar-refractivity contribution is -0.138. The van der Waals surface area contributed by atoms with Crippen molar-refractivity contribution in [2.75, 3.05) is 5.32 Å². The summed E-state index contributed by atoms with van der Waals surface area (Å²) >= 11 is 3.35. The maximum absolute atomic E-state index is 14.0. The first-order chi connectivity index (χ1) is 21.0. The molecule has 0 spiro atoms. The van der Waals surface area contributed by atoms with Gasteiger partial charge in [0.05, 0.1) is 16.6 Å². The van der Waals surface area contributed by atoms with Gasteiger partial charge in [0.15, 0.2) is 11.4 Å². The molecule has 1 aromatic carbocycles. The maximum atomic E-state index is 14.0. The zero-order chi connectivity index (χ0) is 30.9. The predicted molar refractivity (Wildman–Crippen MR) is 167 cm³/mol. The summed E-state index contributed by atoms with van der Waals surface area (Å²) in [6, 6.07) is 10.0. The van der Waals surface area contributed by atoms with Crippen molar-refractivity contribution in [1.29, 1.82) is 0 Å². The highest BCUT2D eigenvalue weighted by Crippen LogP contribution is 2.45. The molecule has 5 aromatic rings. The van der Waals surface area contributed by atoms with Gasteiger partial charge in [-0.25, -0.2) is 14.5 Å². The van der Waals surface area contributed by atoms with Crippen LogP contribution in [0.1, 0.15) is 42.0 Å². The lowest BCUT2D eigenvalue weighted by Gasteiger charge is -2.34. The minimum absolute atomic E-state index is 0.157. The number of hydrogen-bond acceptors (Lipinski definition) is 7. The van der Waals surface area contributed by atoms with Crippen LogP contribution in [-0.2, 0) is 16.1 Å². The van der Waals surface area contributed by atoms with Gasteiger partial charge in [-0.15, -0.1) is 0 Å². The first-order valence-electron chi connectivity index (χ1n) is 14.1. The van der Waals surface area contributed by atoms with E-state index < -0.39 is 17.5 Å². The summed E-state index contributed by atoms with van der Waals surface area (Å²) in [4.78, 5) is 50.7. The van der Waals surface area contributed by atoms with Gasteiger partial charge in [0.1, 0.15) is 34.7 Å². The van der Waals surface area contributed by atoms with E-state index in [1.165, 1.54) is 11.6 Å². The lowest BCUT2D eigenvalue weighted by atomic mass is 9.76. The SMILES string of the molecule is CC(=O)c1nn(CC(=O)N2[C@H](C(=O)Nc3nc(Br)ccc3C)C[C@@]3(C)C#C[C@@H]23)c2ccc(-c3cnc4cc(C)nn4c3)cc12. The maximum Gasteiger partial charge on any atom is 0.248 e. The molecular formula is C32H27BrN8O3. The van der Waals surface area contributed by atoms with Crippen molar-refractivity contribution in [3.63, 3.8) is 0 Å². The predicted octanol–water partition coefficient (Wildman–Crippen LogP) is 4.35. The van der Waals surface area contributed by atoms with Crippen molar-refractivity contribution < 1.29 is 14.4 Å². The third-order valence-corrected chi connectivity index (χ3v) is 8.80. The van der Waals surface area contributed by atoms with E-state index in [4.69, 9.17) is 0 Å². The average molecular weight is 652 g/mol. The molecule has 220 valence electrons. The van der Waals surface area contributed by atoms with Crippen molar-refractivity contribution in [2.45, 2.75) is 52.7 Å². The van der Waals surface area contributed by atoms with Crippen LogP contribution in [0.2, 0.25) is 0 Å². The highest BCUT2D eigenvalue weighted by atomic mass is 79.9. The monoisotopic (exact) mass is 650 g/mol. The Hall–Kier alpha value is -4.89. The summed E-state index contributed by atoms with van der Waals surface area (Å²) in [5.74, 6) is 5.82. The van der Waals surface area contributed by atoms with Crippen LogP contribution in [0, 0.1) is 31.1 Å². The number of carbonyl (C=O) groups excluding carboxylic acids is 3. The molecule has 1 aliphatic carbocycles. The van der Waals surface area contributed by atoms with Gasteiger partial charge in [0, 0.05) is 36.3 Å². The highest BCUT2D eigenvalue weighted by molar-refractivity contribution is 9.10. The van der Waals surface area contributed by atoms with Crippen LogP contribution < -0.4 is 5.32 Å². The number of benzene rings is 1. The van der Waals surface area contributed by atoms with Gasteiger partial charge in [-0.05, 0) is 72.4 Å². The van der Waals surface area contributed by atoms with Gasteiger partial charge in [0.2, 0.25) is 11.8 Å². The lowest BCUT2D eigenvalue weighted by Crippen LogP contribution is -2.50. The molecule has 1 fully saturated rings. The second-order valence-electron chi connectivity index (χ2n) is 11.6. The van der Waals surface area contributed by atoms with Gasteiger partial charge in [-0.3, -0.25) is 19.1 Å². The molecule has 1 N–H and O–H groups in total. The number of amides is 2. The molecule has 5 heterocycles. The number of hydrogen-bond donors (Lipinski definition) is 1. The zero-order valence-electron chi connectivity index (χ0n) is 24.4. The smallest absolute Gasteiger partial charge is 0.248 e. The number of carbonyl (C=O) groups is 3. The summed E-state index contributed by atoms with van der Waals surface area (Å²) in [6.45, 7) is 7.03. The molecule has 7 rings (SSSR count). The molecule has 1 saturated heterocycles. The van der Waals surface area contributed by atoms with E-state index in [1.54, 1.807) is 21.7 Å². The number of likely N-dealkylation sites (tertiary alicyclic amines) is 1. The van der Waals surface area contributed by atoms with Crippen LogP contribution in [-0.4, -0.2) is 63.9 Å². The van der Waals surface area contributed by atoms with Crippen LogP contribution in [0.15, 0.2) is 53.4 Å². The number of fused-ring (bicyclic) bond motifs is 3. The molecule has 12 heteroatoms. The van der Waals surface area contributed by atoms with Crippen molar-refractivity contribution in [3.8, 4) is 23.0 Å². The van der Waals surface area contributed by atoms with E-state index in [0.717, 1.165) is 28.0 Å². The van der Waals surface area contributed by atoms with E-state index in [0.29, 0.717) is 27.7 Å². The summed E-state index contributed by atoms with van der Waals surface area (Å²) in [5.41, 5.74) is 4.48. The van der Waals surface area contributed by atoms with E-state index in [1.807, 2.05) is 57.3 Å². The summed E-state index contributed by atoms with van der Waals surface area (Å²) in [5, 5.41) is 12.5. The summed E-state index contributed by atoms with van der Waals surface area (Å²) < 4.78 is 3.85. The van der Waals surface area contributed by atoms with Gasteiger partial charge in [-0.1, -0.05) is 24.0 Å². The van der Waals surface area contributed by atoms with Gasteiger partial charge >= 0.3 is 0 Å². The van der Waals surface area contributed by atoms with Crippen molar-refractivity contribution in [3.05, 3.63) is 70.3 Å². The minimum atomic E-state index is -0.755. The fourth-order valence-electron chi connectivity index (χ4n) is 6.06. The number of halogens is 1. The van der Waals surface area contributed by atoms with Gasteiger partial charge in [-0.2, -0.15) is 10.2 Å². The molecule has 2 aliphatic rings. The van der Waals surface area contributed by atoms with Crippen molar-refractivity contribution in [1.82, 2.24) is 34.3 Å². The average Bonchev–Trinajstić information content (AvgIpc) is 3.60. The van der Waals surface area contributed by atoms with Crippen LogP contribution in [0.3, 0.4) is 0 Å². The molecular weight excluding hydrogens is 624 g/mol. The number of Topliss-reactive ketones (excluding diaryl/α,β-unsaturated/α-hetero) is 1. The first kappa shape index (κ1) is 27.9. The van der Waals surface area contributed by atoms with Crippen LogP contribution in [0.5, 0.6) is 0 Å². The molecule has 0 saturated carbocycles. The van der Waals surface area contributed by atoms with Crippen LogP contribution >= 0.6 is 15.9 Å². The molecule has 1 aliphatic heterocycles. The Morgan fingerprint density at radius 1 is 1.11 bits per heavy atom. The fraction of sp³-hybridized carbons (Fsp3) is 0.281. The summed E-state index contributed by atoms with van der Waals surface area (Å²) in [7, 11) is 0. The van der Waals surface area contributed by atoms with Gasteiger partial charge in [0.25, 0.3) is 0 Å². The quantitative estimate of drug-likeness (QED) is 0.164. The third kappa shape index (κ3) is 4.55. The Morgan fingerprint density at radius 2 is 1.93 bits per heavy atom. The van der Waals surface area contributed by atoms with Crippen molar-refractivity contribution in [2.24, 2.45) is 5.41 Å². The number of rotatable bonds is 6.